The molecule has 1 aromatic carbocycles. The van der Waals surface area contributed by atoms with Crippen LogP contribution in [0.5, 0.6) is 5.75 Å². The zero-order valence-electron chi connectivity index (χ0n) is 13.9. The van der Waals surface area contributed by atoms with Crippen molar-refractivity contribution in [2.45, 2.75) is 18.6 Å². The standard InChI is InChI=1S/C17H26N4O3/c18-17(19-11-13(22)12-21-6-9-23-10-7-21)20-15-5-8-24-16-4-2-1-3-14(15)16/h1-4,13,15,22H,5-12H2,(H3,18,19,20). The third-order valence-electron chi connectivity index (χ3n) is 4.33. The molecule has 2 atom stereocenters. The van der Waals surface area contributed by atoms with Crippen molar-refractivity contribution in [3.05, 3.63) is 29.8 Å². The SMILES string of the molecule is NC(=NCC(O)CN1CCOCC1)NC1CCOc2ccccc21. The second-order valence-corrected chi connectivity index (χ2v) is 6.16. The van der Waals surface area contributed by atoms with Gasteiger partial charge in [0.25, 0.3) is 0 Å². The number of nitrogens with zero attached hydrogens (tertiary/aromatic N) is 2. The van der Waals surface area contributed by atoms with Crippen LogP contribution in [-0.2, 0) is 4.74 Å². The van der Waals surface area contributed by atoms with E-state index in [1.165, 1.54) is 0 Å². The normalized spacial score (nSPS) is 23.2. The molecule has 0 spiro atoms. The first kappa shape index (κ1) is 17.0. The first-order chi connectivity index (χ1) is 11.7. The van der Waals surface area contributed by atoms with Crippen LogP contribution in [0.1, 0.15) is 18.0 Å². The minimum atomic E-state index is -0.523. The summed E-state index contributed by atoms with van der Waals surface area (Å²) >= 11 is 0. The maximum Gasteiger partial charge on any atom is 0.189 e. The van der Waals surface area contributed by atoms with Crippen LogP contribution in [0.4, 0.5) is 0 Å². The molecule has 7 nitrogen and oxygen atoms in total. The molecule has 0 aliphatic carbocycles. The number of nitrogens with one attached hydrogen (secondary N) is 1. The minimum absolute atomic E-state index is 0.0927. The Labute approximate surface area is 142 Å². The lowest BCUT2D eigenvalue weighted by atomic mass is 10.0. The van der Waals surface area contributed by atoms with E-state index >= 15 is 0 Å². The molecule has 2 aliphatic rings. The third-order valence-corrected chi connectivity index (χ3v) is 4.33. The van der Waals surface area contributed by atoms with Crippen LogP contribution in [0.25, 0.3) is 0 Å². The van der Waals surface area contributed by atoms with Gasteiger partial charge in [0.1, 0.15) is 5.75 Å². The van der Waals surface area contributed by atoms with E-state index in [-0.39, 0.29) is 6.04 Å². The van der Waals surface area contributed by atoms with Crippen molar-refractivity contribution < 1.29 is 14.6 Å². The number of β-amino-alcohol motifs (C(OH)–C–C–N with tert-alkyl or cyclic N) is 1. The number of guanidine groups is 1. The van der Waals surface area contributed by atoms with Crippen LogP contribution >= 0.6 is 0 Å². The number of aliphatic imine (C=N–C) groups is 1. The predicted octanol–water partition coefficient (Wildman–Crippen LogP) is 0.108. The van der Waals surface area contributed by atoms with E-state index in [0.717, 1.165) is 44.0 Å². The van der Waals surface area contributed by atoms with Crippen LogP contribution in [0.3, 0.4) is 0 Å². The molecule has 132 valence electrons. The summed E-state index contributed by atoms with van der Waals surface area (Å²) in [6.45, 7) is 4.70. The van der Waals surface area contributed by atoms with Crippen molar-refractivity contribution in [1.82, 2.24) is 10.2 Å². The molecule has 7 heteroatoms. The summed E-state index contributed by atoms with van der Waals surface area (Å²) in [5.74, 6) is 1.25. The number of aliphatic hydroxyl groups is 1. The van der Waals surface area contributed by atoms with E-state index < -0.39 is 6.10 Å². The Kier molecular flexibility index (Phi) is 5.90. The number of nitrogens with two attached hydrogens (primary N) is 1. The fourth-order valence-electron chi connectivity index (χ4n) is 3.06. The highest BCUT2D eigenvalue weighted by molar-refractivity contribution is 5.78. The van der Waals surface area contributed by atoms with Gasteiger partial charge >= 0.3 is 0 Å². The smallest absolute Gasteiger partial charge is 0.189 e. The zero-order chi connectivity index (χ0) is 16.8. The first-order valence-corrected chi connectivity index (χ1v) is 8.48. The van der Waals surface area contributed by atoms with Gasteiger partial charge in [0.05, 0.1) is 38.5 Å². The molecule has 2 aliphatic heterocycles. The van der Waals surface area contributed by atoms with Gasteiger partial charge in [0.15, 0.2) is 5.96 Å². The fourth-order valence-corrected chi connectivity index (χ4v) is 3.06. The quantitative estimate of drug-likeness (QED) is 0.523. The van der Waals surface area contributed by atoms with E-state index in [1.807, 2.05) is 24.3 Å². The molecule has 4 N–H and O–H groups in total. The van der Waals surface area contributed by atoms with Crippen molar-refractivity contribution >= 4 is 5.96 Å². The fraction of sp³-hybridized carbons (Fsp3) is 0.588. The van der Waals surface area contributed by atoms with E-state index in [4.69, 9.17) is 15.2 Å². The second kappa shape index (κ2) is 8.32. The highest BCUT2D eigenvalue weighted by Crippen LogP contribution is 2.31. The first-order valence-electron chi connectivity index (χ1n) is 8.48. The summed E-state index contributed by atoms with van der Waals surface area (Å²) in [6.07, 6.45) is 0.314. The van der Waals surface area contributed by atoms with Crippen LogP contribution in [0.2, 0.25) is 0 Å². The Bertz CT molecular complexity index is 561. The molecule has 1 aromatic rings. The Balaban J connectivity index is 1.49. The highest BCUT2D eigenvalue weighted by atomic mass is 16.5. The molecule has 0 amide bonds. The van der Waals surface area contributed by atoms with Gasteiger partial charge in [0.2, 0.25) is 0 Å². The number of fused-ring (bicyclic) bond motifs is 1. The lowest BCUT2D eigenvalue weighted by molar-refractivity contribution is 0.0165. The molecule has 3 rings (SSSR count). The van der Waals surface area contributed by atoms with E-state index in [2.05, 4.69) is 15.2 Å². The minimum Gasteiger partial charge on any atom is -0.493 e. The topological polar surface area (TPSA) is 92.3 Å². The van der Waals surface area contributed by atoms with E-state index in [0.29, 0.717) is 25.7 Å². The number of hydrogen-bond acceptors (Lipinski definition) is 5. The van der Waals surface area contributed by atoms with Crippen LogP contribution < -0.4 is 15.8 Å². The van der Waals surface area contributed by atoms with Gasteiger partial charge in [-0.05, 0) is 6.07 Å². The molecular weight excluding hydrogens is 308 g/mol. The predicted molar refractivity (Wildman–Crippen MR) is 92.2 cm³/mol. The number of hydrogen-bond donors (Lipinski definition) is 3. The van der Waals surface area contributed by atoms with Gasteiger partial charge in [-0.1, -0.05) is 18.2 Å². The summed E-state index contributed by atoms with van der Waals surface area (Å²) in [7, 11) is 0. The van der Waals surface area contributed by atoms with Crippen molar-refractivity contribution in [3.63, 3.8) is 0 Å². The Hall–Kier alpha value is -1.83. The lowest BCUT2D eigenvalue weighted by Gasteiger charge is -2.28. The summed E-state index contributed by atoms with van der Waals surface area (Å²) < 4.78 is 10.9. The molecule has 0 aromatic heterocycles. The number of rotatable bonds is 5. The third kappa shape index (κ3) is 4.59. The molecule has 24 heavy (non-hydrogen) atoms. The average Bonchev–Trinajstić information content (AvgIpc) is 2.61. The molecular formula is C17H26N4O3. The summed E-state index contributed by atoms with van der Waals surface area (Å²) in [6, 6.07) is 8.03. The van der Waals surface area contributed by atoms with Crippen molar-refractivity contribution in [2.75, 3.05) is 46.0 Å². The molecule has 2 unspecified atom stereocenters. The Morgan fingerprint density at radius 3 is 2.96 bits per heavy atom. The van der Waals surface area contributed by atoms with Crippen molar-refractivity contribution in [3.8, 4) is 5.75 Å². The Morgan fingerprint density at radius 2 is 2.12 bits per heavy atom. The van der Waals surface area contributed by atoms with E-state index in [1.54, 1.807) is 0 Å². The number of ether oxygens (including phenoxy) is 2. The summed E-state index contributed by atoms with van der Waals surface area (Å²) in [5, 5.41) is 13.4. The van der Waals surface area contributed by atoms with E-state index in [9.17, 15) is 5.11 Å². The second-order valence-electron chi connectivity index (χ2n) is 6.16. The van der Waals surface area contributed by atoms with Crippen LogP contribution in [0.15, 0.2) is 29.3 Å². The Morgan fingerprint density at radius 1 is 1.33 bits per heavy atom. The van der Waals surface area contributed by atoms with Gasteiger partial charge in [-0.2, -0.15) is 0 Å². The van der Waals surface area contributed by atoms with Gasteiger partial charge in [-0.15, -0.1) is 0 Å². The molecule has 2 heterocycles. The molecule has 0 radical (unpaired) electrons. The number of aliphatic hydroxyl groups excluding tert-OH is 1. The molecule has 0 saturated carbocycles. The van der Waals surface area contributed by atoms with Crippen molar-refractivity contribution in [2.24, 2.45) is 10.7 Å². The lowest BCUT2D eigenvalue weighted by Crippen LogP contribution is -2.42. The summed E-state index contributed by atoms with van der Waals surface area (Å²) in [4.78, 5) is 6.47. The maximum absolute atomic E-state index is 10.1. The molecule has 1 saturated heterocycles. The van der Waals surface area contributed by atoms with Gasteiger partial charge in [-0.25, -0.2) is 0 Å². The molecule has 1 fully saturated rings. The number of morpholine rings is 1. The highest BCUT2D eigenvalue weighted by Gasteiger charge is 2.21. The number of benzene rings is 1. The van der Waals surface area contributed by atoms with Gasteiger partial charge < -0.3 is 25.6 Å². The monoisotopic (exact) mass is 334 g/mol. The molecule has 0 bridgehead atoms. The largest absolute Gasteiger partial charge is 0.493 e. The average molecular weight is 334 g/mol. The van der Waals surface area contributed by atoms with Crippen LogP contribution in [-0.4, -0.2) is 68.1 Å². The summed E-state index contributed by atoms with van der Waals surface area (Å²) in [5.41, 5.74) is 7.09. The zero-order valence-corrected chi connectivity index (χ0v) is 13.9. The maximum atomic E-state index is 10.1. The van der Waals surface area contributed by atoms with Gasteiger partial charge in [0, 0.05) is 31.6 Å². The van der Waals surface area contributed by atoms with Crippen LogP contribution in [0, 0.1) is 0 Å². The number of para-hydroxylation sites is 1. The van der Waals surface area contributed by atoms with Crippen molar-refractivity contribution in [1.29, 1.82) is 0 Å². The van der Waals surface area contributed by atoms with Gasteiger partial charge in [-0.3, -0.25) is 9.89 Å².